The van der Waals surface area contributed by atoms with E-state index in [-0.39, 0.29) is 11.9 Å². The molecule has 0 fully saturated rings. The first-order valence-corrected chi connectivity index (χ1v) is 11.4. The van der Waals surface area contributed by atoms with E-state index in [0.717, 1.165) is 45.3 Å². The highest BCUT2D eigenvalue weighted by Crippen LogP contribution is 2.46. The second kappa shape index (κ2) is 8.23. The maximum absolute atomic E-state index is 13.3. The number of carbonyl (C=O) groups is 1. The lowest BCUT2D eigenvalue weighted by molar-refractivity contribution is 0.0751. The SMILES string of the molecule is O=C1c2ccccc2[C@@H](c2c(-c3ccc(Cl)cc3Cl)[nH]c3ccccc23)N1CCCCl. The number of benzene rings is 3. The van der Waals surface area contributed by atoms with Crippen LogP contribution in [0.3, 0.4) is 0 Å². The zero-order chi connectivity index (χ0) is 21.5. The van der Waals surface area contributed by atoms with Gasteiger partial charge in [0.15, 0.2) is 0 Å². The Morgan fingerprint density at radius 1 is 0.935 bits per heavy atom. The Kier molecular flexibility index (Phi) is 5.43. The predicted molar refractivity (Wildman–Crippen MR) is 128 cm³/mol. The van der Waals surface area contributed by atoms with Crippen molar-refractivity contribution in [3.8, 4) is 11.3 Å². The number of amides is 1. The molecule has 0 radical (unpaired) electrons. The van der Waals surface area contributed by atoms with Gasteiger partial charge in [0.25, 0.3) is 5.91 Å². The van der Waals surface area contributed by atoms with Crippen LogP contribution in [0.15, 0.2) is 66.7 Å². The van der Waals surface area contributed by atoms with E-state index in [4.69, 9.17) is 34.8 Å². The first-order valence-electron chi connectivity index (χ1n) is 10.1. The number of nitrogens with one attached hydrogen (secondary N) is 1. The second-order valence-electron chi connectivity index (χ2n) is 7.61. The number of hydrogen-bond donors (Lipinski definition) is 1. The van der Waals surface area contributed by atoms with Crippen LogP contribution in [0.2, 0.25) is 10.0 Å². The summed E-state index contributed by atoms with van der Waals surface area (Å²) in [6, 6.07) is 21.2. The number of hydrogen-bond acceptors (Lipinski definition) is 1. The van der Waals surface area contributed by atoms with E-state index < -0.39 is 0 Å². The summed E-state index contributed by atoms with van der Waals surface area (Å²) in [4.78, 5) is 18.8. The molecule has 0 saturated heterocycles. The van der Waals surface area contributed by atoms with Crippen LogP contribution in [0, 0.1) is 0 Å². The fraction of sp³-hybridized carbons (Fsp3) is 0.160. The Morgan fingerprint density at radius 3 is 2.52 bits per heavy atom. The standard InChI is InChI=1S/C25H19Cl3N2O/c26-12-5-13-30-24(16-6-1-2-7-17(16)25(30)31)22-19-8-3-4-9-21(19)29-23(22)18-11-10-15(27)14-20(18)28/h1-4,6-11,14,24,29H,5,12-13H2/t24-/m0/s1. The summed E-state index contributed by atoms with van der Waals surface area (Å²) in [7, 11) is 0. The molecule has 1 atom stereocenters. The number of carbonyl (C=O) groups excluding carboxylic acids is 1. The van der Waals surface area contributed by atoms with Crippen molar-refractivity contribution in [1.29, 1.82) is 0 Å². The molecule has 4 aromatic rings. The van der Waals surface area contributed by atoms with E-state index in [1.165, 1.54) is 0 Å². The van der Waals surface area contributed by atoms with Gasteiger partial charge in [-0.05, 0) is 42.3 Å². The number of para-hydroxylation sites is 1. The third kappa shape index (κ3) is 3.41. The van der Waals surface area contributed by atoms with Gasteiger partial charge in [-0.2, -0.15) is 0 Å². The minimum atomic E-state index is -0.232. The third-order valence-electron chi connectivity index (χ3n) is 5.81. The van der Waals surface area contributed by atoms with Gasteiger partial charge in [0, 0.05) is 45.0 Å². The molecule has 3 aromatic carbocycles. The number of rotatable bonds is 5. The zero-order valence-corrected chi connectivity index (χ0v) is 18.8. The molecule has 5 rings (SSSR count). The lowest BCUT2D eigenvalue weighted by Crippen LogP contribution is -2.30. The van der Waals surface area contributed by atoms with Crippen molar-refractivity contribution in [2.45, 2.75) is 12.5 Å². The monoisotopic (exact) mass is 468 g/mol. The van der Waals surface area contributed by atoms with Crippen LogP contribution in [-0.4, -0.2) is 28.2 Å². The Bertz CT molecular complexity index is 1300. The lowest BCUT2D eigenvalue weighted by Gasteiger charge is -2.26. The van der Waals surface area contributed by atoms with Crippen molar-refractivity contribution in [1.82, 2.24) is 9.88 Å². The molecule has 1 amide bonds. The van der Waals surface area contributed by atoms with Gasteiger partial charge in [-0.3, -0.25) is 4.79 Å². The van der Waals surface area contributed by atoms with Crippen molar-refractivity contribution in [3.63, 3.8) is 0 Å². The molecule has 2 heterocycles. The van der Waals surface area contributed by atoms with Crippen molar-refractivity contribution in [3.05, 3.63) is 93.5 Å². The zero-order valence-electron chi connectivity index (χ0n) is 16.5. The van der Waals surface area contributed by atoms with Crippen LogP contribution in [-0.2, 0) is 0 Å². The highest BCUT2D eigenvalue weighted by atomic mass is 35.5. The van der Waals surface area contributed by atoms with Gasteiger partial charge >= 0.3 is 0 Å². The van der Waals surface area contributed by atoms with Crippen molar-refractivity contribution in [2.24, 2.45) is 0 Å². The molecule has 6 heteroatoms. The predicted octanol–water partition coefficient (Wildman–Crippen LogP) is 7.32. The minimum Gasteiger partial charge on any atom is -0.354 e. The van der Waals surface area contributed by atoms with E-state index >= 15 is 0 Å². The summed E-state index contributed by atoms with van der Waals surface area (Å²) >= 11 is 18.8. The smallest absolute Gasteiger partial charge is 0.255 e. The summed E-state index contributed by atoms with van der Waals surface area (Å²) in [5, 5.41) is 2.20. The van der Waals surface area contributed by atoms with Crippen molar-refractivity contribution < 1.29 is 4.79 Å². The third-order valence-corrected chi connectivity index (χ3v) is 6.63. The molecule has 1 aliphatic heterocycles. The number of H-pyrrole nitrogens is 1. The molecule has 0 bridgehead atoms. The van der Waals surface area contributed by atoms with Crippen LogP contribution in [0.1, 0.15) is 33.9 Å². The number of aromatic nitrogens is 1. The summed E-state index contributed by atoms with van der Waals surface area (Å²) in [6.45, 7) is 0.578. The van der Waals surface area contributed by atoms with E-state index in [2.05, 4.69) is 11.1 Å². The first kappa shape index (κ1) is 20.4. The van der Waals surface area contributed by atoms with E-state index in [0.29, 0.717) is 22.5 Å². The summed E-state index contributed by atoms with van der Waals surface area (Å²) in [6.07, 6.45) is 0.719. The van der Waals surface area contributed by atoms with Gasteiger partial charge in [0.05, 0.1) is 16.8 Å². The average molecular weight is 470 g/mol. The minimum absolute atomic E-state index is 0.0316. The van der Waals surface area contributed by atoms with Gasteiger partial charge in [-0.1, -0.05) is 59.6 Å². The number of alkyl halides is 1. The van der Waals surface area contributed by atoms with Crippen LogP contribution in [0.4, 0.5) is 0 Å². The molecule has 156 valence electrons. The number of halogens is 3. The van der Waals surface area contributed by atoms with E-state index in [1.807, 2.05) is 59.5 Å². The van der Waals surface area contributed by atoms with Crippen molar-refractivity contribution in [2.75, 3.05) is 12.4 Å². The maximum Gasteiger partial charge on any atom is 0.255 e. The molecule has 1 N–H and O–H groups in total. The quantitative estimate of drug-likeness (QED) is 0.305. The molecule has 31 heavy (non-hydrogen) atoms. The van der Waals surface area contributed by atoms with Gasteiger partial charge in [-0.25, -0.2) is 0 Å². The Labute approximate surface area is 195 Å². The normalized spacial score (nSPS) is 15.6. The fourth-order valence-electron chi connectivity index (χ4n) is 4.49. The Hall–Kier alpha value is -2.46. The molecule has 1 aliphatic rings. The van der Waals surface area contributed by atoms with Crippen LogP contribution in [0.5, 0.6) is 0 Å². The number of fused-ring (bicyclic) bond motifs is 2. The summed E-state index contributed by atoms with van der Waals surface area (Å²) in [5.74, 6) is 0.528. The summed E-state index contributed by atoms with van der Waals surface area (Å²) < 4.78 is 0. The molecule has 0 spiro atoms. The Morgan fingerprint density at radius 2 is 1.71 bits per heavy atom. The molecule has 0 saturated carbocycles. The fourth-order valence-corrected chi connectivity index (χ4v) is 5.12. The summed E-state index contributed by atoms with van der Waals surface area (Å²) in [5.41, 5.74) is 5.51. The molecular formula is C25H19Cl3N2O. The number of aromatic amines is 1. The average Bonchev–Trinajstić information content (AvgIpc) is 3.27. The maximum atomic E-state index is 13.3. The largest absolute Gasteiger partial charge is 0.354 e. The van der Waals surface area contributed by atoms with Gasteiger partial charge in [-0.15, -0.1) is 11.6 Å². The molecule has 0 unspecified atom stereocenters. The first-order chi connectivity index (χ1) is 15.1. The second-order valence-corrected chi connectivity index (χ2v) is 8.84. The van der Waals surface area contributed by atoms with Crippen LogP contribution in [0.25, 0.3) is 22.2 Å². The molecule has 0 aliphatic carbocycles. The Balaban J connectivity index is 1.80. The van der Waals surface area contributed by atoms with E-state index in [1.54, 1.807) is 6.07 Å². The van der Waals surface area contributed by atoms with Gasteiger partial charge in [0.2, 0.25) is 0 Å². The number of nitrogens with zero attached hydrogens (tertiary/aromatic N) is 1. The molecular weight excluding hydrogens is 451 g/mol. The van der Waals surface area contributed by atoms with Crippen LogP contribution < -0.4 is 0 Å². The molecule has 3 nitrogen and oxygen atoms in total. The van der Waals surface area contributed by atoms with Gasteiger partial charge in [0.1, 0.15) is 0 Å². The van der Waals surface area contributed by atoms with E-state index in [9.17, 15) is 4.79 Å². The van der Waals surface area contributed by atoms with Gasteiger partial charge < -0.3 is 9.88 Å². The highest BCUT2D eigenvalue weighted by molar-refractivity contribution is 6.36. The highest BCUT2D eigenvalue weighted by Gasteiger charge is 2.39. The molecule has 1 aromatic heterocycles. The van der Waals surface area contributed by atoms with Crippen molar-refractivity contribution >= 4 is 51.6 Å². The topological polar surface area (TPSA) is 36.1 Å². The lowest BCUT2D eigenvalue weighted by atomic mass is 9.93. The van der Waals surface area contributed by atoms with Crippen LogP contribution >= 0.6 is 34.8 Å².